The fourth-order valence-corrected chi connectivity index (χ4v) is 1.16. The van der Waals surface area contributed by atoms with E-state index in [1.165, 1.54) is 0 Å². The van der Waals surface area contributed by atoms with Gasteiger partial charge in [-0.05, 0) is 17.7 Å². The number of ether oxygens (including phenoxy) is 1. The van der Waals surface area contributed by atoms with Gasteiger partial charge < -0.3 is 15.8 Å². The molecule has 0 heterocycles. The summed E-state index contributed by atoms with van der Waals surface area (Å²) in [6, 6.07) is 7.24. The fourth-order valence-electron chi connectivity index (χ4n) is 1.16. The van der Waals surface area contributed by atoms with Crippen LogP contribution in [0.5, 0.6) is 0 Å². The first kappa shape index (κ1) is 11.7. The Morgan fingerprint density at radius 1 is 1.40 bits per heavy atom. The first-order chi connectivity index (χ1) is 7.27. The van der Waals surface area contributed by atoms with Crippen LogP contribution in [0.2, 0.25) is 0 Å². The standard InChI is InChI=1S/C11H16N2O2/c1-15-7-6-13-11(14)10-4-2-9(8-12)3-5-10/h2-5H,6-8,12H2,1H3,(H,13,14). The maximum absolute atomic E-state index is 11.5. The molecule has 0 fully saturated rings. The Morgan fingerprint density at radius 3 is 2.60 bits per heavy atom. The van der Waals surface area contributed by atoms with Crippen LogP contribution in [0.4, 0.5) is 0 Å². The smallest absolute Gasteiger partial charge is 0.251 e. The van der Waals surface area contributed by atoms with Crippen molar-refractivity contribution in [3.05, 3.63) is 35.4 Å². The van der Waals surface area contributed by atoms with Crippen molar-refractivity contribution in [2.24, 2.45) is 5.73 Å². The molecule has 82 valence electrons. The highest BCUT2D eigenvalue weighted by Crippen LogP contribution is 2.03. The maximum atomic E-state index is 11.5. The van der Waals surface area contributed by atoms with E-state index in [-0.39, 0.29) is 5.91 Å². The molecule has 0 saturated carbocycles. The topological polar surface area (TPSA) is 64.3 Å². The van der Waals surface area contributed by atoms with Gasteiger partial charge in [0, 0.05) is 25.8 Å². The molecule has 0 spiro atoms. The molecule has 0 aliphatic rings. The van der Waals surface area contributed by atoms with Gasteiger partial charge in [0.25, 0.3) is 5.91 Å². The van der Waals surface area contributed by atoms with Crippen LogP contribution in [0.15, 0.2) is 24.3 Å². The van der Waals surface area contributed by atoms with Gasteiger partial charge in [0.05, 0.1) is 6.61 Å². The Labute approximate surface area is 89.4 Å². The highest BCUT2D eigenvalue weighted by atomic mass is 16.5. The second kappa shape index (κ2) is 6.16. The van der Waals surface area contributed by atoms with Gasteiger partial charge in [-0.25, -0.2) is 0 Å². The average Bonchev–Trinajstić information content (AvgIpc) is 2.29. The summed E-state index contributed by atoms with van der Waals surface area (Å²) in [6.07, 6.45) is 0. The van der Waals surface area contributed by atoms with E-state index >= 15 is 0 Å². The highest BCUT2D eigenvalue weighted by molar-refractivity contribution is 5.94. The van der Waals surface area contributed by atoms with E-state index in [9.17, 15) is 4.79 Å². The van der Waals surface area contributed by atoms with Crippen LogP contribution in [-0.4, -0.2) is 26.2 Å². The molecule has 0 aromatic heterocycles. The summed E-state index contributed by atoms with van der Waals surface area (Å²) >= 11 is 0. The Hall–Kier alpha value is -1.39. The van der Waals surface area contributed by atoms with E-state index in [0.717, 1.165) is 5.56 Å². The Morgan fingerprint density at radius 2 is 2.07 bits per heavy atom. The molecule has 1 aromatic rings. The summed E-state index contributed by atoms with van der Waals surface area (Å²) in [5.41, 5.74) is 7.12. The number of nitrogens with two attached hydrogens (primary N) is 1. The summed E-state index contributed by atoms with van der Waals surface area (Å²) in [4.78, 5) is 11.5. The van der Waals surface area contributed by atoms with Gasteiger partial charge in [0.2, 0.25) is 0 Å². The van der Waals surface area contributed by atoms with Gasteiger partial charge in [-0.1, -0.05) is 12.1 Å². The number of amides is 1. The van der Waals surface area contributed by atoms with E-state index < -0.39 is 0 Å². The van der Waals surface area contributed by atoms with Crippen LogP contribution in [0, 0.1) is 0 Å². The van der Waals surface area contributed by atoms with Crippen LogP contribution >= 0.6 is 0 Å². The number of hydrogen-bond acceptors (Lipinski definition) is 3. The molecule has 4 nitrogen and oxygen atoms in total. The lowest BCUT2D eigenvalue weighted by Gasteiger charge is -2.04. The molecular formula is C11H16N2O2. The lowest BCUT2D eigenvalue weighted by atomic mass is 10.1. The van der Waals surface area contributed by atoms with Crippen molar-refractivity contribution in [1.82, 2.24) is 5.32 Å². The number of methoxy groups -OCH3 is 1. The minimum atomic E-state index is -0.0874. The molecule has 1 amide bonds. The minimum absolute atomic E-state index is 0.0874. The monoisotopic (exact) mass is 208 g/mol. The minimum Gasteiger partial charge on any atom is -0.383 e. The number of benzene rings is 1. The molecule has 0 aliphatic carbocycles. The SMILES string of the molecule is COCCNC(=O)c1ccc(CN)cc1. The molecule has 1 rings (SSSR count). The van der Waals surface area contributed by atoms with Crippen molar-refractivity contribution in [3.8, 4) is 0 Å². The molecule has 0 saturated heterocycles. The molecule has 3 N–H and O–H groups in total. The summed E-state index contributed by atoms with van der Waals surface area (Å²) in [7, 11) is 1.60. The molecule has 0 radical (unpaired) electrons. The Kier molecular flexibility index (Phi) is 4.80. The van der Waals surface area contributed by atoms with Crippen molar-refractivity contribution in [2.45, 2.75) is 6.54 Å². The van der Waals surface area contributed by atoms with Crippen LogP contribution in [0.25, 0.3) is 0 Å². The van der Waals surface area contributed by atoms with E-state index in [2.05, 4.69) is 5.32 Å². The van der Waals surface area contributed by atoms with E-state index in [1.54, 1.807) is 19.2 Å². The lowest BCUT2D eigenvalue weighted by molar-refractivity contribution is 0.0937. The van der Waals surface area contributed by atoms with Crippen LogP contribution in [-0.2, 0) is 11.3 Å². The number of carbonyl (C=O) groups excluding carboxylic acids is 1. The van der Waals surface area contributed by atoms with E-state index in [0.29, 0.717) is 25.3 Å². The van der Waals surface area contributed by atoms with Gasteiger partial charge in [0.15, 0.2) is 0 Å². The number of nitrogens with one attached hydrogen (secondary N) is 1. The number of carbonyl (C=O) groups is 1. The molecule has 0 aliphatic heterocycles. The second-order valence-electron chi connectivity index (χ2n) is 3.15. The molecular weight excluding hydrogens is 192 g/mol. The van der Waals surface area contributed by atoms with Crippen molar-refractivity contribution >= 4 is 5.91 Å². The third kappa shape index (κ3) is 3.69. The predicted octanol–water partition coefficient (Wildman–Crippen LogP) is 0.521. The molecule has 15 heavy (non-hydrogen) atoms. The van der Waals surface area contributed by atoms with Crippen molar-refractivity contribution in [1.29, 1.82) is 0 Å². The first-order valence-electron chi connectivity index (χ1n) is 4.84. The molecule has 0 bridgehead atoms. The van der Waals surface area contributed by atoms with Gasteiger partial charge in [-0.2, -0.15) is 0 Å². The van der Waals surface area contributed by atoms with Crippen molar-refractivity contribution in [2.75, 3.05) is 20.3 Å². The second-order valence-corrected chi connectivity index (χ2v) is 3.15. The van der Waals surface area contributed by atoms with E-state index in [4.69, 9.17) is 10.5 Å². The molecule has 1 aromatic carbocycles. The van der Waals surface area contributed by atoms with E-state index in [1.807, 2.05) is 12.1 Å². The summed E-state index contributed by atoms with van der Waals surface area (Å²) in [5.74, 6) is -0.0874. The van der Waals surface area contributed by atoms with Gasteiger partial charge in [0.1, 0.15) is 0 Å². The summed E-state index contributed by atoms with van der Waals surface area (Å²) in [6.45, 7) is 1.53. The van der Waals surface area contributed by atoms with Gasteiger partial charge in [-0.3, -0.25) is 4.79 Å². The zero-order chi connectivity index (χ0) is 11.1. The van der Waals surface area contributed by atoms with Crippen molar-refractivity contribution in [3.63, 3.8) is 0 Å². The normalized spacial score (nSPS) is 10.0. The van der Waals surface area contributed by atoms with Crippen LogP contribution < -0.4 is 11.1 Å². The fraction of sp³-hybridized carbons (Fsp3) is 0.364. The Balaban J connectivity index is 2.50. The zero-order valence-corrected chi connectivity index (χ0v) is 8.82. The zero-order valence-electron chi connectivity index (χ0n) is 8.82. The molecule has 0 unspecified atom stereocenters. The third-order valence-electron chi connectivity index (χ3n) is 2.04. The summed E-state index contributed by atoms with van der Waals surface area (Å²) < 4.78 is 4.83. The first-order valence-corrected chi connectivity index (χ1v) is 4.84. The number of rotatable bonds is 5. The summed E-state index contributed by atoms with van der Waals surface area (Å²) in [5, 5.41) is 2.74. The van der Waals surface area contributed by atoms with Gasteiger partial charge in [-0.15, -0.1) is 0 Å². The van der Waals surface area contributed by atoms with Crippen LogP contribution in [0.1, 0.15) is 15.9 Å². The largest absolute Gasteiger partial charge is 0.383 e. The molecule has 0 atom stereocenters. The number of hydrogen-bond donors (Lipinski definition) is 2. The highest BCUT2D eigenvalue weighted by Gasteiger charge is 2.03. The third-order valence-corrected chi connectivity index (χ3v) is 2.04. The van der Waals surface area contributed by atoms with Crippen LogP contribution in [0.3, 0.4) is 0 Å². The quantitative estimate of drug-likeness (QED) is 0.693. The average molecular weight is 208 g/mol. The van der Waals surface area contributed by atoms with Gasteiger partial charge >= 0.3 is 0 Å². The Bertz CT molecular complexity index is 309. The van der Waals surface area contributed by atoms with Crippen molar-refractivity contribution < 1.29 is 9.53 Å². The molecule has 4 heteroatoms. The predicted molar refractivity (Wildman–Crippen MR) is 58.5 cm³/mol. The lowest BCUT2D eigenvalue weighted by Crippen LogP contribution is -2.26. The maximum Gasteiger partial charge on any atom is 0.251 e.